The molecule has 90 valence electrons. The van der Waals surface area contributed by atoms with Crippen molar-refractivity contribution in [2.75, 3.05) is 18.6 Å². The Morgan fingerprint density at radius 3 is 2.33 bits per heavy atom. The van der Waals surface area contributed by atoms with E-state index >= 15 is 0 Å². The Kier molecular flexibility index (Phi) is 5.61. The molecule has 0 saturated carbocycles. The molecule has 0 aliphatic carbocycles. The van der Waals surface area contributed by atoms with Gasteiger partial charge in [-0.05, 0) is 19.6 Å². The molecule has 0 radical (unpaired) electrons. The van der Waals surface area contributed by atoms with Crippen LogP contribution in [0.2, 0.25) is 0 Å². The normalized spacial score (nSPS) is 12.5. The third kappa shape index (κ3) is 8.71. The van der Waals surface area contributed by atoms with Crippen molar-refractivity contribution in [3.63, 3.8) is 0 Å². The Morgan fingerprint density at radius 1 is 1.40 bits per heavy atom. The van der Waals surface area contributed by atoms with Crippen LogP contribution in [-0.4, -0.2) is 38.4 Å². The Hall–Kier alpha value is -0.270. The van der Waals surface area contributed by atoms with Crippen molar-refractivity contribution in [2.45, 2.75) is 25.8 Å². The first-order chi connectivity index (χ1) is 6.66. The largest absolute Gasteiger partial charge is 0.354 e. The average molecular weight is 254 g/mol. The van der Waals surface area contributed by atoms with Crippen LogP contribution < -0.4 is 10.0 Å². The van der Waals surface area contributed by atoms with Crippen molar-refractivity contribution in [3.05, 3.63) is 0 Å². The predicted molar refractivity (Wildman–Crippen MR) is 63.5 cm³/mol. The molecular formula is C8H18N2O3S2. The first-order valence-corrected chi connectivity index (χ1v) is 7.05. The number of amides is 1. The molecule has 2 N–H and O–H groups in total. The van der Waals surface area contributed by atoms with Gasteiger partial charge in [-0.3, -0.25) is 4.79 Å². The molecule has 15 heavy (non-hydrogen) atoms. The van der Waals surface area contributed by atoms with Crippen LogP contribution in [-0.2, 0) is 14.8 Å². The fraction of sp³-hybridized carbons (Fsp3) is 0.875. The fourth-order valence-corrected chi connectivity index (χ4v) is 2.33. The molecule has 0 aromatic carbocycles. The molecule has 0 aliphatic rings. The average Bonchev–Trinajstić information content (AvgIpc) is 1.97. The van der Waals surface area contributed by atoms with E-state index in [1.54, 1.807) is 13.8 Å². The van der Waals surface area contributed by atoms with Crippen LogP contribution >= 0.6 is 12.6 Å². The van der Waals surface area contributed by atoms with Gasteiger partial charge in [-0.25, -0.2) is 13.1 Å². The third-order valence-corrected chi connectivity index (χ3v) is 2.68. The van der Waals surface area contributed by atoms with E-state index < -0.39 is 15.6 Å². The second-order valence-corrected chi connectivity index (χ2v) is 6.20. The molecule has 0 saturated heterocycles. The molecule has 1 amide bonds. The van der Waals surface area contributed by atoms with E-state index in [0.29, 0.717) is 12.2 Å². The molecule has 0 spiro atoms. The van der Waals surface area contributed by atoms with E-state index in [1.165, 1.54) is 0 Å². The van der Waals surface area contributed by atoms with E-state index in [9.17, 15) is 13.2 Å². The maximum atomic E-state index is 11.1. The van der Waals surface area contributed by atoms with Crippen LogP contribution in [0.25, 0.3) is 0 Å². The molecule has 0 heterocycles. The van der Waals surface area contributed by atoms with Gasteiger partial charge < -0.3 is 5.32 Å². The highest BCUT2D eigenvalue weighted by Crippen LogP contribution is 2.01. The zero-order chi connectivity index (χ0) is 12.1. The van der Waals surface area contributed by atoms with Crippen molar-refractivity contribution in [1.29, 1.82) is 0 Å². The Morgan fingerprint density at radius 2 is 1.93 bits per heavy atom. The summed E-state index contributed by atoms with van der Waals surface area (Å²) in [6, 6.07) is 0. The summed E-state index contributed by atoms with van der Waals surface area (Å²) in [7, 11) is -3.26. The second-order valence-electron chi connectivity index (χ2n) is 4.01. The van der Waals surface area contributed by atoms with Gasteiger partial charge in [0.2, 0.25) is 15.9 Å². The third-order valence-electron chi connectivity index (χ3n) is 1.53. The molecule has 0 fully saturated rings. The fourth-order valence-electron chi connectivity index (χ4n) is 1.05. The first-order valence-electron chi connectivity index (χ1n) is 4.53. The summed E-state index contributed by atoms with van der Waals surface area (Å²) < 4.78 is 24.4. The highest BCUT2D eigenvalue weighted by molar-refractivity contribution is 7.88. The van der Waals surface area contributed by atoms with Crippen LogP contribution in [0, 0.1) is 0 Å². The van der Waals surface area contributed by atoms with Gasteiger partial charge in [0.25, 0.3) is 0 Å². The maximum Gasteiger partial charge on any atom is 0.220 e. The summed E-state index contributed by atoms with van der Waals surface area (Å²) in [5.41, 5.74) is -0.681. The van der Waals surface area contributed by atoms with Crippen molar-refractivity contribution in [3.8, 4) is 0 Å². The standard InChI is InChI=1S/C8H18N2O3S2/c1-8(2,10-15(3,12)13)6-9-7(11)4-5-14/h10,14H,4-6H2,1-3H3,(H,9,11). The molecular weight excluding hydrogens is 236 g/mol. The topological polar surface area (TPSA) is 75.3 Å². The lowest BCUT2D eigenvalue weighted by Gasteiger charge is -2.25. The lowest BCUT2D eigenvalue weighted by molar-refractivity contribution is -0.120. The zero-order valence-electron chi connectivity index (χ0n) is 9.20. The van der Waals surface area contributed by atoms with Gasteiger partial charge in [0.15, 0.2) is 0 Å². The minimum atomic E-state index is -3.26. The SMILES string of the molecule is CC(C)(CNC(=O)CCS)NS(C)(=O)=O. The summed E-state index contributed by atoms with van der Waals surface area (Å²) >= 11 is 3.92. The predicted octanol–water partition coefficient (Wildman–Crippen LogP) is -0.250. The summed E-state index contributed by atoms with van der Waals surface area (Å²) in [6.45, 7) is 3.66. The summed E-state index contributed by atoms with van der Waals surface area (Å²) in [5, 5.41) is 2.63. The van der Waals surface area contributed by atoms with E-state index in [0.717, 1.165) is 6.26 Å². The number of nitrogens with one attached hydrogen (secondary N) is 2. The maximum absolute atomic E-state index is 11.1. The van der Waals surface area contributed by atoms with Crippen LogP contribution in [0.3, 0.4) is 0 Å². The van der Waals surface area contributed by atoms with Gasteiger partial charge in [-0.1, -0.05) is 0 Å². The quantitative estimate of drug-likeness (QED) is 0.572. The van der Waals surface area contributed by atoms with Crippen molar-refractivity contribution in [1.82, 2.24) is 10.0 Å². The number of thiol groups is 1. The minimum absolute atomic E-state index is 0.131. The van der Waals surface area contributed by atoms with E-state index in [4.69, 9.17) is 0 Å². The summed E-state index contributed by atoms with van der Waals surface area (Å²) in [4.78, 5) is 11.1. The molecule has 5 nitrogen and oxygen atoms in total. The first kappa shape index (κ1) is 14.7. The summed E-state index contributed by atoms with van der Waals surface area (Å²) in [5.74, 6) is 0.347. The van der Waals surface area contributed by atoms with Gasteiger partial charge in [0.05, 0.1) is 6.26 Å². The zero-order valence-corrected chi connectivity index (χ0v) is 10.9. The van der Waals surface area contributed by atoms with Gasteiger partial charge in [0.1, 0.15) is 0 Å². The van der Waals surface area contributed by atoms with Crippen molar-refractivity contribution < 1.29 is 13.2 Å². The number of sulfonamides is 1. The molecule has 0 aromatic rings. The van der Waals surface area contributed by atoms with Crippen LogP contribution in [0.1, 0.15) is 20.3 Å². The van der Waals surface area contributed by atoms with E-state index in [1.807, 2.05) is 0 Å². The lowest BCUT2D eigenvalue weighted by Crippen LogP contribution is -2.51. The van der Waals surface area contributed by atoms with Crippen LogP contribution in [0.15, 0.2) is 0 Å². The Balaban J connectivity index is 4.10. The van der Waals surface area contributed by atoms with Crippen LogP contribution in [0.4, 0.5) is 0 Å². The van der Waals surface area contributed by atoms with Gasteiger partial charge >= 0.3 is 0 Å². The van der Waals surface area contributed by atoms with E-state index in [2.05, 4.69) is 22.7 Å². The number of carbonyl (C=O) groups excluding carboxylic acids is 1. The Labute approximate surface area is 96.5 Å². The molecule has 0 rings (SSSR count). The van der Waals surface area contributed by atoms with Gasteiger partial charge in [-0.15, -0.1) is 0 Å². The number of carbonyl (C=O) groups is 1. The molecule has 7 heteroatoms. The van der Waals surface area contributed by atoms with Gasteiger partial charge in [0, 0.05) is 18.5 Å². The smallest absolute Gasteiger partial charge is 0.220 e. The lowest BCUT2D eigenvalue weighted by atomic mass is 10.1. The van der Waals surface area contributed by atoms with E-state index in [-0.39, 0.29) is 12.5 Å². The number of rotatable bonds is 6. The van der Waals surface area contributed by atoms with Crippen molar-refractivity contribution in [2.24, 2.45) is 0 Å². The second kappa shape index (κ2) is 5.72. The molecule has 0 unspecified atom stereocenters. The monoisotopic (exact) mass is 254 g/mol. The number of hydrogen-bond donors (Lipinski definition) is 3. The molecule has 0 bridgehead atoms. The highest BCUT2D eigenvalue weighted by atomic mass is 32.2. The molecule has 0 aliphatic heterocycles. The van der Waals surface area contributed by atoms with Crippen molar-refractivity contribution >= 4 is 28.6 Å². The molecule has 0 aromatic heterocycles. The highest BCUT2D eigenvalue weighted by Gasteiger charge is 2.22. The minimum Gasteiger partial charge on any atom is -0.354 e. The Bertz CT molecular complexity index is 312. The molecule has 0 atom stereocenters. The summed E-state index contributed by atoms with van der Waals surface area (Å²) in [6.07, 6.45) is 1.42. The van der Waals surface area contributed by atoms with Gasteiger partial charge in [-0.2, -0.15) is 12.6 Å². The number of hydrogen-bond acceptors (Lipinski definition) is 4. The van der Waals surface area contributed by atoms with Crippen LogP contribution in [0.5, 0.6) is 0 Å².